The topological polar surface area (TPSA) is 61.8 Å². The van der Waals surface area contributed by atoms with Gasteiger partial charge in [-0.1, -0.05) is 38.5 Å². The van der Waals surface area contributed by atoms with Gasteiger partial charge in [0.2, 0.25) is 0 Å². The van der Waals surface area contributed by atoms with E-state index in [9.17, 15) is 8.42 Å². The van der Waals surface area contributed by atoms with Crippen LogP contribution in [0.25, 0.3) is 0 Å². The van der Waals surface area contributed by atoms with Crippen molar-refractivity contribution in [1.29, 1.82) is 0 Å². The molecule has 0 radical (unpaired) electrons. The molecule has 3 unspecified atom stereocenters. The van der Waals surface area contributed by atoms with Gasteiger partial charge in [-0.05, 0) is 45.0 Å². The lowest BCUT2D eigenvalue weighted by Crippen LogP contribution is -2.56. The van der Waals surface area contributed by atoms with Crippen LogP contribution in [0.2, 0.25) is 0 Å². The Labute approximate surface area is 176 Å². The fraction of sp³-hybridized carbons (Fsp3) is 0.647. The van der Waals surface area contributed by atoms with Gasteiger partial charge in [0.25, 0.3) is 0 Å². The van der Waals surface area contributed by atoms with E-state index in [4.69, 9.17) is 14.2 Å². The molecule has 1 aromatic rings. The Hall–Kier alpha value is 0.190. The van der Waals surface area contributed by atoms with Crippen LogP contribution in [0.5, 0.6) is 0 Å². The molecule has 148 valence electrons. The van der Waals surface area contributed by atoms with Crippen molar-refractivity contribution in [3.05, 3.63) is 28.7 Å². The molecule has 0 bridgehead atoms. The summed E-state index contributed by atoms with van der Waals surface area (Å²) in [5, 5.41) is -1.32. The molecule has 2 rings (SSSR count). The summed E-state index contributed by atoms with van der Waals surface area (Å²) >= 11 is 5.27. The Balaban J connectivity index is 2.24. The molecule has 5 nitrogen and oxygen atoms in total. The van der Waals surface area contributed by atoms with Crippen molar-refractivity contribution in [2.75, 3.05) is 13.2 Å². The largest absolute Gasteiger partial charge is 0.376 e. The summed E-state index contributed by atoms with van der Waals surface area (Å²) in [4.78, 5) is 0.0649. The normalized spacial score (nSPS) is 28.3. The Morgan fingerprint density at radius 3 is 2.46 bits per heavy atom. The van der Waals surface area contributed by atoms with Crippen LogP contribution in [-0.4, -0.2) is 55.5 Å². The van der Waals surface area contributed by atoms with Gasteiger partial charge >= 0.3 is 0 Å². The first-order valence-corrected chi connectivity index (χ1v) is 11.9. The fourth-order valence-corrected chi connectivity index (χ4v) is 4.91. The van der Waals surface area contributed by atoms with E-state index in [1.807, 2.05) is 36.4 Å². The number of sulfone groups is 1. The van der Waals surface area contributed by atoms with Crippen molar-refractivity contribution >= 4 is 48.4 Å². The summed E-state index contributed by atoms with van der Waals surface area (Å²) in [6.45, 7) is 5.42. The van der Waals surface area contributed by atoms with Gasteiger partial charge in [-0.25, -0.2) is 12.8 Å². The highest BCUT2D eigenvalue weighted by Crippen LogP contribution is 2.31. The molecule has 1 aromatic carbocycles. The van der Waals surface area contributed by atoms with Gasteiger partial charge < -0.3 is 14.2 Å². The van der Waals surface area contributed by atoms with E-state index in [1.165, 1.54) is 12.1 Å². The second kappa shape index (κ2) is 9.60. The minimum absolute atomic E-state index is 0.0430. The van der Waals surface area contributed by atoms with E-state index in [1.54, 1.807) is 19.1 Å². The third-order valence-electron chi connectivity index (χ3n) is 3.99. The molecule has 0 amide bonds. The lowest BCUT2D eigenvalue weighted by atomic mass is 10.0. The third-order valence-corrected chi connectivity index (χ3v) is 6.93. The van der Waals surface area contributed by atoms with Gasteiger partial charge in [0, 0.05) is 4.47 Å². The van der Waals surface area contributed by atoms with Crippen LogP contribution in [0.15, 0.2) is 33.6 Å². The highest BCUT2D eigenvalue weighted by atomic mass is 127. The zero-order valence-corrected chi connectivity index (χ0v) is 19.3. The molecule has 26 heavy (non-hydrogen) atoms. The number of benzene rings is 1. The van der Waals surface area contributed by atoms with E-state index >= 15 is 4.39 Å². The number of ether oxygens (including phenoxy) is 3. The highest BCUT2D eigenvalue weighted by Gasteiger charge is 2.48. The number of rotatable bonds is 7. The van der Waals surface area contributed by atoms with Crippen molar-refractivity contribution in [2.24, 2.45) is 0 Å². The van der Waals surface area contributed by atoms with Crippen LogP contribution in [0, 0.1) is 0 Å². The Kier molecular flexibility index (Phi) is 8.30. The van der Waals surface area contributed by atoms with Crippen LogP contribution in [0.1, 0.15) is 20.8 Å². The van der Waals surface area contributed by atoms with Crippen LogP contribution in [0.4, 0.5) is 4.39 Å². The van der Waals surface area contributed by atoms with Crippen molar-refractivity contribution in [3.63, 3.8) is 0 Å². The van der Waals surface area contributed by atoms with Crippen LogP contribution < -0.4 is 0 Å². The first-order valence-electron chi connectivity index (χ1n) is 8.29. The van der Waals surface area contributed by atoms with E-state index in [-0.39, 0.29) is 28.3 Å². The highest BCUT2D eigenvalue weighted by molar-refractivity contribution is 14.1. The number of hydrogen-bond donors (Lipinski definition) is 0. The average Bonchev–Trinajstić information content (AvgIpc) is 2.55. The van der Waals surface area contributed by atoms with Gasteiger partial charge in [-0.3, -0.25) is 0 Å². The fourth-order valence-electron chi connectivity index (χ4n) is 2.69. The number of halogens is 3. The lowest BCUT2D eigenvalue weighted by molar-refractivity contribution is -0.162. The summed E-state index contributed by atoms with van der Waals surface area (Å²) in [7, 11) is -3.90. The molecule has 1 fully saturated rings. The molecule has 5 atom stereocenters. The summed E-state index contributed by atoms with van der Waals surface area (Å²) < 4.78 is 58.4. The molecular weight excluding hydrogens is 542 g/mol. The third kappa shape index (κ3) is 5.60. The van der Waals surface area contributed by atoms with Gasteiger partial charge in [0.15, 0.2) is 9.84 Å². The minimum atomic E-state index is -3.90. The summed E-state index contributed by atoms with van der Waals surface area (Å²) in [6, 6.07) is 6.14. The van der Waals surface area contributed by atoms with Gasteiger partial charge in [0.05, 0.1) is 24.2 Å². The molecule has 0 aliphatic carbocycles. The second-order valence-corrected chi connectivity index (χ2v) is 11.2. The molecule has 1 aliphatic heterocycles. The Bertz CT molecular complexity index is 683. The van der Waals surface area contributed by atoms with Crippen LogP contribution in [-0.2, 0) is 24.0 Å². The first-order chi connectivity index (χ1) is 12.1. The molecule has 0 aromatic heterocycles. The van der Waals surface area contributed by atoms with Gasteiger partial charge in [-0.2, -0.15) is 0 Å². The summed E-state index contributed by atoms with van der Waals surface area (Å²) in [5.41, 5.74) is 0. The second-order valence-electron chi connectivity index (χ2n) is 6.38. The van der Waals surface area contributed by atoms with E-state index in [0.29, 0.717) is 0 Å². The molecular formula is C17H23BrFIO5S. The molecule has 0 saturated carbocycles. The van der Waals surface area contributed by atoms with E-state index in [2.05, 4.69) is 15.9 Å². The maximum Gasteiger partial charge on any atom is 0.186 e. The molecule has 9 heteroatoms. The lowest BCUT2D eigenvalue weighted by Gasteiger charge is -2.39. The molecule has 0 N–H and O–H groups in total. The van der Waals surface area contributed by atoms with Crippen LogP contribution >= 0.6 is 38.5 Å². The number of alkyl halides is 2. The van der Waals surface area contributed by atoms with Gasteiger partial charge in [-0.15, -0.1) is 0 Å². The minimum Gasteiger partial charge on any atom is -0.376 e. The average molecular weight is 565 g/mol. The van der Waals surface area contributed by atoms with Crippen molar-refractivity contribution < 1.29 is 27.0 Å². The predicted molar refractivity (Wildman–Crippen MR) is 109 cm³/mol. The SMILES string of the molecule is CC(C)OCC1OCC(S(=O)(=O)c2ccc(Br)cc2)[C@H](F)[C@@H]1OC(C)I. The van der Waals surface area contributed by atoms with Crippen molar-refractivity contribution in [1.82, 2.24) is 0 Å². The predicted octanol–water partition coefficient (Wildman–Crippen LogP) is 3.92. The maximum absolute atomic E-state index is 15.3. The van der Waals surface area contributed by atoms with Crippen molar-refractivity contribution in [2.45, 2.75) is 59.5 Å². The Morgan fingerprint density at radius 2 is 1.92 bits per heavy atom. The monoisotopic (exact) mass is 564 g/mol. The molecule has 1 saturated heterocycles. The quantitative estimate of drug-likeness (QED) is 0.371. The first kappa shape index (κ1) is 22.5. The van der Waals surface area contributed by atoms with Gasteiger partial charge in [0.1, 0.15) is 27.7 Å². The smallest absolute Gasteiger partial charge is 0.186 e. The molecule has 1 heterocycles. The number of hydrogen-bond acceptors (Lipinski definition) is 5. The Morgan fingerprint density at radius 1 is 1.31 bits per heavy atom. The zero-order valence-electron chi connectivity index (χ0n) is 14.8. The maximum atomic E-state index is 15.3. The molecule has 0 spiro atoms. The summed E-state index contributed by atoms with van der Waals surface area (Å²) in [5.74, 6) is 0. The standard InChI is InChI=1S/C17H23BrFIO5S/c1-10(2)23-8-14-17(25-11(3)20)16(19)15(9-24-14)26(21,22)13-6-4-12(18)5-7-13/h4-7,10-11,14-17H,8-9H2,1-3H3/t11?,14?,15?,16-,17+/m0/s1. The molecule has 1 aliphatic rings. The summed E-state index contributed by atoms with van der Waals surface area (Å²) in [6.07, 6.45) is -3.42. The zero-order chi connectivity index (χ0) is 19.5. The van der Waals surface area contributed by atoms with E-state index < -0.39 is 33.5 Å². The van der Waals surface area contributed by atoms with E-state index in [0.717, 1.165) is 4.47 Å². The van der Waals surface area contributed by atoms with Crippen molar-refractivity contribution in [3.8, 4) is 0 Å². The van der Waals surface area contributed by atoms with Crippen LogP contribution in [0.3, 0.4) is 0 Å².